The summed E-state index contributed by atoms with van der Waals surface area (Å²) < 4.78 is 4.69. The van der Waals surface area contributed by atoms with Crippen molar-refractivity contribution in [2.75, 3.05) is 7.05 Å². The number of rotatable bonds is 7. The second-order valence-corrected chi connectivity index (χ2v) is 8.63. The third-order valence-electron chi connectivity index (χ3n) is 5.16. The number of hydrogen-bond acceptors (Lipinski definition) is 3. The Kier molecular flexibility index (Phi) is 6.66. The average molecular weight is 449 g/mol. The fourth-order valence-electron chi connectivity index (χ4n) is 3.54. The summed E-state index contributed by atoms with van der Waals surface area (Å²) in [5.74, 6) is 0.842. The average Bonchev–Trinajstić information content (AvgIpc) is 3.06. The molecule has 31 heavy (non-hydrogen) atoms. The standard InChI is InChI=1S/C25H25ClN4S/c1-19-8-10-21(11-9-19)16-28(2)18-30-25(31)29(17-20-6-4-3-5-7-20)24(27-30)22-12-14-23(26)15-13-22/h3-15H,16-18H2,1-2H3. The van der Waals surface area contributed by atoms with Crippen molar-refractivity contribution in [2.45, 2.75) is 26.7 Å². The Hall–Kier alpha value is -2.73. The van der Waals surface area contributed by atoms with Crippen LogP contribution in [0.4, 0.5) is 0 Å². The molecule has 3 aromatic carbocycles. The van der Waals surface area contributed by atoms with E-state index in [1.54, 1.807) is 0 Å². The van der Waals surface area contributed by atoms with E-state index in [4.69, 9.17) is 28.9 Å². The predicted octanol–water partition coefficient (Wildman–Crippen LogP) is 6.18. The minimum Gasteiger partial charge on any atom is -0.295 e. The van der Waals surface area contributed by atoms with E-state index in [0.717, 1.165) is 17.9 Å². The summed E-state index contributed by atoms with van der Waals surface area (Å²) in [7, 11) is 2.08. The molecule has 1 heterocycles. The summed E-state index contributed by atoms with van der Waals surface area (Å²) in [6, 6.07) is 26.7. The van der Waals surface area contributed by atoms with Crippen molar-refractivity contribution in [3.8, 4) is 11.4 Å². The molecule has 0 fully saturated rings. The van der Waals surface area contributed by atoms with Crippen molar-refractivity contribution < 1.29 is 0 Å². The van der Waals surface area contributed by atoms with Crippen LogP contribution in [0, 0.1) is 11.7 Å². The predicted molar refractivity (Wildman–Crippen MR) is 130 cm³/mol. The lowest BCUT2D eigenvalue weighted by molar-refractivity contribution is 0.244. The van der Waals surface area contributed by atoms with E-state index in [0.29, 0.717) is 23.0 Å². The lowest BCUT2D eigenvalue weighted by atomic mass is 10.1. The highest BCUT2D eigenvalue weighted by molar-refractivity contribution is 7.71. The molecule has 0 N–H and O–H groups in total. The molecular formula is C25H25ClN4S. The van der Waals surface area contributed by atoms with Crippen LogP contribution in [-0.4, -0.2) is 26.3 Å². The zero-order chi connectivity index (χ0) is 21.8. The Balaban J connectivity index is 1.64. The van der Waals surface area contributed by atoms with Crippen LogP contribution in [0.15, 0.2) is 78.9 Å². The minimum atomic E-state index is 0.606. The molecule has 0 aliphatic rings. The van der Waals surface area contributed by atoms with Crippen LogP contribution in [0.25, 0.3) is 11.4 Å². The maximum Gasteiger partial charge on any atom is 0.199 e. The van der Waals surface area contributed by atoms with Crippen LogP contribution < -0.4 is 0 Å². The Labute approximate surface area is 193 Å². The van der Waals surface area contributed by atoms with Gasteiger partial charge in [0.1, 0.15) is 0 Å². The first-order valence-electron chi connectivity index (χ1n) is 10.2. The van der Waals surface area contributed by atoms with Gasteiger partial charge < -0.3 is 0 Å². The van der Waals surface area contributed by atoms with Gasteiger partial charge in [0.2, 0.25) is 0 Å². The topological polar surface area (TPSA) is 26.0 Å². The van der Waals surface area contributed by atoms with Gasteiger partial charge in [-0.25, -0.2) is 4.68 Å². The summed E-state index contributed by atoms with van der Waals surface area (Å²) in [6.07, 6.45) is 0. The van der Waals surface area contributed by atoms with Crippen molar-refractivity contribution in [1.29, 1.82) is 0 Å². The number of nitrogens with zero attached hydrogens (tertiary/aromatic N) is 4. The SMILES string of the molecule is Cc1ccc(CN(C)Cn2nc(-c3ccc(Cl)cc3)n(Cc3ccccc3)c2=S)cc1. The van der Waals surface area contributed by atoms with E-state index >= 15 is 0 Å². The van der Waals surface area contributed by atoms with Crippen molar-refractivity contribution in [3.63, 3.8) is 0 Å². The molecule has 0 amide bonds. The molecule has 0 radical (unpaired) electrons. The summed E-state index contributed by atoms with van der Waals surface area (Å²) in [6.45, 7) is 4.20. The van der Waals surface area contributed by atoms with Crippen molar-refractivity contribution >= 4 is 23.8 Å². The normalized spacial score (nSPS) is 11.2. The van der Waals surface area contributed by atoms with E-state index in [9.17, 15) is 0 Å². The molecule has 0 aliphatic carbocycles. The molecule has 0 saturated heterocycles. The number of hydrogen-bond donors (Lipinski definition) is 0. The highest BCUT2D eigenvalue weighted by Crippen LogP contribution is 2.22. The number of aryl methyl sites for hydroxylation is 1. The fraction of sp³-hybridized carbons (Fsp3) is 0.200. The Bertz CT molecular complexity index is 1200. The van der Waals surface area contributed by atoms with Gasteiger partial charge in [0.05, 0.1) is 13.2 Å². The van der Waals surface area contributed by atoms with E-state index in [2.05, 4.69) is 59.8 Å². The van der Waals surface area contributed by atoms with E-state index in [1.807, 2.05) is 47.1 Å². The smallest absolute Gasteiger partial charge is 0.199 e. The maximum absolute atomic E-state index is 6.10. The van der Waals surface area contributed by atoms with Crippen LogP contribution in [0.1, 0.15) is 16.7 Å². The molecule has 0 aliphatic heterocycles. The lowest BCUT2D eigenvalue weighted by Gasteiger charge is -2.16. The van der Waals surface area contributed by atoms with Gasteiger partial charge in [-0.05, 0) is 61.6 Å². The second kappa shape index (κ2) is 9.60. The van der Waals surface area contributed by atoms with E-state index < -0.39 is 0 Å². The lowest BCUT2D eigenvalue weighted by Crippen LogP contribution is -2.22. The third-order valence-corrected chi connectivity index (χ3v) is 5.84. The van der Waals surface area contributed by atoms with Crippen molar-refractivity contribution in [2.24, 2.45) is 0 Å². The first-order valence-corrected chi connectivity index (χ1v) is 11.0. The van der Waals surface area contributed by atoms with Crippen LogP contribution in [0.2, 0.25) is 5.02 Å². The first-order chi connectivity index (χ1) is 15.0. The van der Waals surface area contributed by atoms with Crippen LogP contribution in [0.5, 0.6) is 0 Å². The second-order valence-electron chi connectivity index (χ2n) is 7.83. The molecule has 4 rings (SSSR count). The summed E-state index contributed by atoms with van der Waals surface area (Å²) >= 11 is 11.9. The van der Waals surface area contributed by atoms with Gasteiger partial charge in [-0.15, -0.1) is 0 Å². The van der Waals surface area contributed by atoms with Crippen LogP contribution in [0.3, 0.4) is 0 Å². The van der Waals surface area contributed by atoms with Crippen LogP contribution in [-0.2, 0) is 19.8 Å². The minimum absolute atomic E-state index is 0.606. The molecule has 158 valence electrons. The molecule has 0 bridgehead atoms. The van der Waals surface area contributed by atoms with Gasteiger partial charge in [-0.3, -0.25) is 9.47 Å². The summed E-state index contributed by atoms with van der Waals surface area (Å²) in [4.78, 5) is 2.21. The molecule has 0 saturated carbocycles. The number of halogens is 1. The van der Waals surface area contributed by atoms with Gasteiger partial charge in [0, 0.05) is 17.1 Å². The first kappa shape index (κ1) is 21.5. The Morgan fingerprint density at radius 1 is 0.903 bits per heavy atom. The van der Waals surface area contributed by atoms with E-state index in [1.165, 1.54) is 16.7 Å². The third kappa shape index (κ3) is 5.31. The zero-order valence-corrected chi connectivity index (χ0v) is 19.3. The van der Waals surface area contributed by atoms with Gasteiger partial charge >= 0.3 is 0 Å². The number of aromatic nitrogens is 3. The molecule has 4 nitrogen and oxygen atoms in total. The Morgan fingerprint density at radius 2 is 1.58 bits per heavy atom. The van der Waals surface area contributed by atoms with E-state index in [-0.39, 0.29) is 0 Å². The highest BCUT2D eigenvalue weighted by Gasteiger charge is 2.15. The molecule has 6 heteroatoms. The van der Waals surface area contributed by atoms with Gasteiger partial charge in [0.25, 0.3) is 0 Å². The molecule has 4 aromatic rings. The zero-order valence-electron chi connectivity index (χ0n) is 17.7. The van der Waals surface area contributed by atoms with Gasteiger partial charge in [0.15, 0.2) is 10.6 Å². The maximum atomic E-state index is 6.10. The van der Waals surface area contributed by atoms with Crippen LogP contribution >= 0.6 is 23.8 Å². The molecule has 0 spiro atoms. The molecule has 0 unspecified atom stereocenters. The number of benzene rings is 3. The summed E-state index contributed by atoms with van der Waals surface area (Å²) in [5.41, 5.74) is 4.70. The molecule has 0 atom stereocenters. The monoisotopic (exact) mass is 448 g/mol. The Morgan fingerprint density at radius 3 is 2.26 bits per heavy atom. The van der Waals surface area contributed by atoms with Crippen molar-refractivity contribution in [3.05, 3.63) is 105 Å². The van der Waals surface area contributed by atoms with Gasteiger partial charge in [-0.2, -0.15) is 5.10 Å². The fourth-order valence-corrected chi connectivity index (χ4v) is 3.91. The highest BCUT2D eigenvalue weighted by atomic mass is 35.5. The molecular weight excluding hydrogens is 424 g/mol. The van der Waals surface area contributed by atoms with Gasteiger partial charge in [-0.1, -0.05) is 71.8 Å². The van der Waals surface area contributed by atoms with Crippen molar-refractivity contribution in [1.82, 2.24) is 19.2 Å². The summed E-state index contributed by atoms with van der Waals surface area (Å²) in [5, 5.41) is 5.60. The largest absolute Gasteiger partial charge is 0.295 e. The molecule has 1 aromatic heterocycles. The quantitative estimate of drug-likeness (QED) is 0.316.